The summed E-state index contributed by atoms with van der Waals surface area (Å²) in [5.74, 6) is -1.09. The molecule has 1 heterocycles. The number of aromatic hydroxyl groups is 1. The van der Waals surface area contributed by atoms with Crippen LogP contribution in [0, 0.1) is 12.8 Å². The van der Waals surface area contributed by atoms with Gasteiger partial charge in [-0.2, -0.15) is 0 Å². The fraction of sp³-hybridized carbons (Fsp3) is 0.308. The third-order valence-electron chi connectivity index (χ3n) is 5.65. The maximum Gasteiger partial charge on any atom is 0.342 e. The number of pyridine rings is 1. The molecule has 0 aliphatic rings. The lowest BCUT2D eigenvalue weighted by atomic mass is 10.0. The summed E-state index contributed by atoms with van der Waals surface area (Å²) < 4.78 is 11.2. The predicted octanol–water partition coefficient (Wildman–Crippen LogP) is 3.65. The number of anilines is 1. The highest BCUT2D eigenvalue weighted by atomic mass is 16.5. The smallest absolute Gasteiger partial charge is 0.342 e. The maximum atomic E-state index is 12.8. The van der Waals surface area contributed by atoms with Crippen molar-refractivity contribution in [2.24, 2.45) is 5.92 Å². The fourth-order valence-electron chi connectivity index (χ4n) is 3.69. The number of nitrogen functional groups attached to an aromatic ring is 1. The minimum atomic E-state index is -0.559. The van der Waals surface area contributed by atoms with Crippen molar-refractivity contribution in [2.75, 3.05) is 18.9 Å². The Balaban J connectivity index is 1.89. The average Bonchev–Trinajstić information content (AvgIpc) is 2.81. The van der Waals surface area contributed by atoms with Crippen LogP contribution in [0.3, 0.4) is 0 Å². The molecule has 0 radical (unpaired) electrons. The monoisotopic (exact) mass is 479 g/mol. The van der Waals surface area contributed by atoms with Gasteiger partial charge in [-0.05, 0) is 44.0 Å². The highest BCUT2D eigenvalue weighted by Gasteiger charge is 2.23. The van der Waals surface area contributed by atoms with E-state index in [1.54, 1.807) is 32.0 Å². The number of esters is 1. The van der Waals surface area contributed by atoms with Gasteiger partial charge < -0.3 is 25.6 Å². The molecule has 0 bridgehead atoms. The van der Waals surface area contributed by atoms with Gasteiger partial charge in [0.15, 0.2) is 6.29 Å². The van der Waals surface area contributed by atoms with E-state index in [0.29, 0.717) is 28.6 Å². The molecular weight excluding hydrogens is 450 g/mol. The number of carbonyl (C=O) groups excluding carboxylic acids is 3. The van der Waals surface area contributed by atoms with Crippen LogP contribution in [0.15, 0.2) is 36.4 Å². The second-order valence-electron chi connectivity index (χ2n) is 8.35. The van der Waals surface area contributed by atoms with Gasteiger partial charge in [0, 0.05) is 0 Å². The van der Waals surface area contributed by atoms with Gasteiger partial charge in [-0.25, -0.2) is 4.79 Å². The molecule has 9 heteroatoms. The quantitative estimate of drug-likeness (QED) is 0.312. The number of fused-ring (bicyclic) bond motifs is 1. The van der Waals surface area contributed by atoms with Crippen LogP contribution in [-0.2, 0) is 4.74 Å². The molecule has 184 valence electrons. The van der Waals surface area contributed by atoms with Crippen molar-refractivity contribution in [1.29, 1.82) is 0 Å². The number of amides is 1. The number of phenolic OH excluding ortho intramolecular Hbond substituents is 1. The van der Waals surface area contributed by atoms with Crippen LogP contribution in [0.1, 0.15) is 57.5 Å². The summed E-state index contributed by atoms with van der Waals surface area (Å²) in [6.07, 6.45) is 0.486. The average molecular weight is 480 g/mol. The van der Waals surface area contributed by atoms with Crippen LogP contribution in [0.25, 0.3) is 10.9 Å². The van der Waals surface area contributed by atoms with Gasteiger partial charge in [0.1, 0.15) is 23.7 Å². The highest BCUT2D eigenvalue weighted by Crippen LogP contribution is 2.34. The number of hydrogen-bond donors (Lipinski definition) is 3. The number of aryl methyl sites for hydroxylation is 1. The number of para-hydroxylation sites is 1. The molecule has 0 saturated heterocycles. The highest BCUT2D eigenvalue weighted by molar-refractivity contribution is 6.07. The van der Waals surface area contributed by atoms with Crippen molar-refractivity contribution >= 4 is 34.8 Å². The minimum absolute atomic E-state index is 0.00610. The van der Waals surface area contributed by atoms with Gasteiger partial charge in [0.2, 0.25) is 0 Å². The maximum absolute atomic E-state index is 12.8. The van der Waals surface area contributed by atoms with Crippen LogP contribution in [-0.4, -0.2) is 47.5 Å². The number of benzene rings is 2. The second kappa shape index (κ2) is 10.9. The Labute approximate surface area is 203 Å². The Morgan fingerprint density at radius 2 is 1.91 bits per heavy atom. The molecule has 1 atom stereocenters. The van der Waals surface area contributed by atoms with E-state index in [9.17, 15) is 19.5 Å². The zero-order chi connectivity index (χ0) is 25.7. The number of phenols is 1. The first kappa shape index (κ1) is 25.5. The molecule has 0 aliphatic heterocycles. The van der Waals surface area contributed by atoms with Crippen molar-refractivity contribution < 1.29 is 29.0 Å². The Bertz CT molecular complexity index is 1270. The molecule has 9 nitrogen and oxygen atoms in total. The lowest BCUT2D eigenvalue weighted by Gasteiger charge is -2.24. The molecule has 35 heavy (non-hydrogen) atoms. The summed E-state index contributed by atoms with van der Waals surface area (Å²) in [7, 11) is 0. The van der Waals surface area contributed by atoms with Gasteiger partial charge in [-0.3, -0.25) is 14.6 Å². The SMILES string of the molecule is CCOC(=O)c1c(C)nc2cccc(OC[C@@H](NC(=O)c3cccc(C=O)c3O)C(C)C)c2c1N. The zero-order valence-electron chi connectivity index (χ0n) is 20.1. The number of aromatic nitrogens is 1. The number of hydrogen-bond acceptors (Lipinski definition) is 8. The molecule has 0 aliphatic carbocycles. The predicted molar refractivity (Wildman–Crippen MR) is 132 cm³/mol. The molecule has 3 rings (SSSR count). The van der Waals surface area contributed by atoms with Crippen LogP contribution >= 0.6 is 0 Å². The van der Waals surface area contributed by atoms with Gasteiger partial charge >= 0.3 is 5.97 Å². The van der Waals surface area contributed by atoms with Crippen LogP contribution in [0.4, 0.5) is 5.69 Å². The summed E-state index contributed by atoms with van der Waals surface area (Å²) in [5.41, 5.74) is 7.81. The van der Waals surface area contributed by atoms with Gasteiger partial charge in [0.25, 0.3) is 5.91 Å². The standard InChI is InChI=1S/C26H29N3O6/c1-5-34-26(33)21-15(4)28-18-10-7-11-20(22(18)23(21)27)35-13-19(14(2)3)29-25(32)17-9-6-8-16(12-30)24(17)31/h6-12,14,19,31H,5,13H2,1-4H3,(H2,27,28)(H,29,32)/t19-/m1/s1. The van der Waals surface area contributed by atoms with Crippen LogP contribution < -0.4 is 15.8 Å². The van der Waals surface area contributed by atoms with E-state index in [0.717, 1.165) is 0 Å². The van der Waals surface area contributed by atoms with E-state index in [2.05, 4.69) is 10.3 Å². The van der Waals surface area contributed by atoms with Crippen LogP contribution in [0.2, 0.25) is 0 Å². The Hall–Kier alpha value is -4.14. The zero-order valence-corrected chi connectivity index (χ0v) is 20.1. The Kier molecular flexibility index (Phi) is 7.91. The minimum Gasteiger partial charge on any atom is -0.506 e. The molecule has 2 aromatic carbocycles. The topological polar surface area (TPSA) is 141 Å². The van der Waals surface area contributed by atoms with Gasteiger partial charge in [-0.1, -0.05) is 26.0 Å². The fourth-order valence-corrected chi connectivity index (χ4v) is 3.69. The molecule has 0 saturated carbocycles. The van der Waals surface area contributed by atoms with Gasteiger partial charge in [0.05, 0.1) is 46.1 Å². The van der Waals surface area contributed by atoms with Crippen LogP contribution in [0.5, 0.6) is 11.5 Å². The summed E-state index contributed by atoms with van der Waals surface area (Å²) in [5, 5.41) is 13.5. The van der Waals surface area contributed by atoms with Gasteiger partial charge in [-0.15, -0.1) is 0 Å². The normalized spacial score (nSPS) is 11.8. The lowest BCUT2D eigenvalue weighted by molar-refractivity contribution is 0.0526. The Morgan fingerprint density at radius 3 is 2.57 bits per heavy atom. The van der Waals surface area contributed by atoms with E-state index < -0.39 is 17.9 Å². The summed E-state index contributed by atoms with van der Waals surface area (Å²) in [6, 6.07) is 9.18. The summed E-state index contributed by atoms with van der Waals surface area (Å²) in [4.78, 5) is 40.9. The molecule has 1 aromatic heterocycles. The van der Waals surface area contributed by atoms with E-state index >= 15 is 0 Å². The van der Waals surface area contributed by atoms with E-state index in [4.69, 9.17) is 15.2 Å². The molecular formula is C26H29N3O6. The van der Waals surface area contributed by atoms with Crippen molar-refractivity contribution in [3.05, 3.63) is 58.8 Å². The third kappa shape index (κ3) is 5.34. The summed E-state index contributed by atoms with van der Waals surface area (Å²) in [6.45, 7) is 7.51. The molecule has 0 spiro atoms. The van der Waals surface area contributed by atoms with E-state index in [-0.39, 0.29) is 47.3 Å². The van der Waals surface area contributed by atoms with E-state index in [1.165, 1.54) is 18.2 Å². The van der Waals surface area contributed by atoms with Crippen molar-refractivity contribution in [1.82, 2.24) is 10.3 Å². The first-order valence-electron chi connectivity index (χ1n) is 11.3. The molecule has 3 aromatic rings. The van der Waals surface area contributed by atoms with Crippen molar-refractivity contribution in [3.8, 4) is 11.5 Å². The number of aldehydes is 1. The second-order valence-corrected chi connectivity index (χ2v) is 8.35. The van der Waals surface area contributed by atoms with E-state index in [1.807, 2.05) is 13.8 Å². The summed E-state index contributed by atoms with van der Waals surface area (Å²) >= 11 is 0. The number of rotatable bonds is 9. The first-order valence-corrected chi connectivity index (χ1v) is 11.3. The molecule has 0 unspecified atom stereocenters. The van der Waals surface area contributed by atoms with Crippen molar-refractivity contribution in [3.63, 3.8) is 0 Å². The molecule has 4 N–H and O–H groups in total. The molecule has 1 amide bonds. The number of nitrogens with two attached hydrogens (primary N) is 1. The largest absolute Gasteiger partial charge is 0.506 e. The lowest BCUT2D eigenvalue weighted by Crippen LogP contribution is -2.42. The van der Waals surface area contributed by atoms with Crippen molar-refractivity contribution in [2.45, 2.75) is 33.7 Å². The number of nitrogens with one attached hydrogen (secondary N) is 1. The first-order chi connectivity index (χ1) is 16.7. The number of nitrogens with zero attached hydrogens (tertiary/aromatic N) is 1. The third-order valence-corrected chi connectivity index (χ3v) is 5.65. The molecule has 0 fully saturated rings. The number of carbonyl (C=O) groups is 3. The number of ether oxygens (including phenoxy) is 2. The Morgan fingerprint density at radius 1 is 1.20 bits per heavy atom.